The van der Waals surface area contributed by atoms with Crippen LogP contribution in [0.4, 0.5) is 0 Å². The van der Waals surface area contributed by atoms with Gasteiger partial charge in [0, 0.05) is 35.4 Å². The summed E-state index contributed by atoms with van der Waals surface area (Å²) in [7, 11) is -3.30. The first-order valence-electron chi connectivity index (χ1n) is 5.72. The number of hydrogen-bond donors (Lipinski definition) is 1. The highest BCUT2D eigenvalue weighted by atomic mass is 32.2. The molecule has 4 nitrogen and oxygen atoms in total. The Labute approximate surface area is 107 Å². The summed E-state index contributed by atoms with van der Waals surface area (Å²) in [6, 6.07) is 2.00. The molecule has 1 aromatic rings. The number of piperazine rings is 1. The average Bonchev–Trinajstić information content (AvgIpc) is 2.58. The Hall–Kier alpha value is -0.430. The Kier molecular flexibility index (Phi) is 3.58. The Morgan fingerprint density at radius 2 is 2.18 bits per heavy atom. The SMILES string of the molecule is Cc1cc(S(=O)(=O)N2CCNC(C)C2)c(C)s1. The zero-order valence-corrected chi connectivity index (χ0v) is 12.0. The maximum Gasteiger partial charge on any atom is 0.244 e. The van der Waals surface area contributed by atoms with Crippen molar-refractivity contribution in [1.29, 1.82) is 0 Å². The second-order valence-corrected chi connectivity index (χ2v) is 7.86. The van der Waals surface area contributed by atoms with Gasteiger partial charge in [0.1, 0.15) is 0 Å². The molecule has 1 saturated heterocycles. The van der Waals surface area contributed by atoms with E-state index in [0.717, 1.165) is 16.3 Å². The van der Waals surface area contributed by atoms with Crippen LogP contribution in [0.25, 0.3) is 0 Å². The first-order chi connectivity index (χ1) is 7.91. The summed E-state index contributed by atoms with van der Waals surface area (Å²) in [6.07, 6.45) is 0. The standard InChI is InChI=1S/C11H18N2O2S2/c1-8-7-13(5-4-12-8)17(14,15)11-6-9(2)16-10(11)3/h6,8,12H,4-5,7H2,1-3H3. The van der Waals surface area contributed by atoms with Crippen LogP contribution in [0.15, 0.2) is 11.0 Å². The summed E-state index contributed by atoms with van der Waals surface area (Å²) in [5, 5.41) is 3.25. The summed E-state index contributed by atoms with van der Waals surface area (Å²) in [6.45, 7) is 7.65. The van der Waals surface area contributed by atoms with Crippen LogP contribution in [-0.2, 0) is 10.0 Å². The summed E-state index contributed by atoms with van der Waals surface area (Å²) < 4.78 is 26.5. The zero-order valence-electron chi connectivity index (χ0n) is 10.4. The van der Waals surface area contributed by atoms with E-state index in [2.05, 4.69) is 5.32 Å². The maximum absolute atomic E-state index is 12.5. The van der Waals surface area contributed by atoms with Gasteiger partial charge in [-0.15, -0.1) is 11.3 Å². The van der Waals surface area contributed by atoms with E-state index in [1.807, 2.05) is 20.8 Å². The van der Waals surface area contributed by atoms with Crippen LogP contribution in [-0.4, -0.2) is 38.4 Å². The molecule has 17 heavy (non-hydrogen) atoms. The highest BCUT2D eigenvalue weighted by Gasteiger charge is 2.30. The van der Waals surface area contributed by atoms with Gasteiger partial charge in [-0.3, -0.25) is 0 Å². The zero-order chi connectivity index (χ0) is 12.6. The molecule has 0 aliphatic carbocycles. The molecular formula is C11H18N2O2S2. The molecule has 1 atom stereocenters. The largest absolute Gasteiger partial charge is 0.312 e. The minimum atomic E-state index is -3.30. The van der Waals surface area contributed by atoms with E-state index < -0.39 is 10.0 Å². The smallest absolute Gasteiger partial charge is 0.244 e. The molecule has 1 aliphatic heterocycles. The second-order valence-electron chi connectivity index (χ2n) is 4.50. The van der Waals surface area contributed by atoms with Crippen molar-refractivity contribution >= 4 is 21.4 Å². The van der Waals surface area contributed by atoms with Crippen LogP contribution in [0.5, 0.6) is 0 Å². The molecule has 0 saturated carbocycles. The molecule has 6 heteroatoms. The number of thiophene rings is 1. The fourth-order valence-corrected chi connectivity index (χ4v) is 5.17. The van der Waals surface area contributed by atoms with Crippen LogP contribution in [0, 0.1) is 13.8 Å². The number of sulfonamides is 1. The van der Waals surface area contributed by atoms with Gasteiger partial charge in [0.2, 0.25) is 10.0 Å². The van der Waals surface area contributed by atoms with Crippen molar-refractivity contribution in [3.63, 3.8) is 0 Å². The Morgan fingerprint density at radius 3 is 2.71 bits per heavy atom. The quantitative estimate of drug-likeness (QED) is 0.885. The molecule has 1 unspecified atom stereocenters. The van der Waals surface area contributed by atoms with Crippen LogP contribution in [0.3, 0.4) is 0 Å². The molecule has 2 heterocycles. The first kappa shape index (κ1) is 13.0. The van der Waals surface area contributed by atoms with Crippen molar-refractivity contribution in [2.75, 3.05) is 19.6 Å². The molecule has 0 amide bonds. The van der Waals surface area contributed by atoms with Crippen molar-refractivity contribution in [3.8, 4) is 0 Å². The molecule has 96 valence electrons. The predicted molar refractivity (Wildman–Crippen MR) is 70.0 cm³/mol. The Morgan fingerprint density at radius 1 is 1.47 bits per heavy atom. The maximum atomic E-state index is 12.5. The molecule has 0 bridgehead atoms. The van der Waals surface area contributed by atoms with Crippen molar-refractivity contribution in [2.24, 2.45) is 0 Å². The van der Waals surface area contributed by atoms with E-state index in [1.54, 1.807) is 10.4 Å². The fraction of sp³-hybridized carbons (Fsp3) is 0.636. The van der Waals surface area contributed by atoms with E-state index in [-0.39, 0.29) is 6.04 Å². The lowest BCUT2D eigenvalue weighted by Crippen LogP contribution is -2.51. The highest BCUT2D eigenvalue weighted by Crippen LogP contribution is 2.28. The van der Waals surface area contributed by atoms with Gasteiger partial charge in [-0.2, -0.15) is 4.31 Å². The Bertz CT molecular complexity index is 508. The van der Waals surface area contributed by atoms with E-state index in [9.17, 15) is 8.42 Å². The molecule has 1 aliphatic rings. The second kappa shape index (κ2) is 4.68. The van der Waals surface area contributed by atoms with Crippen molar-refractivity contribution in [2.45, 2.75) is 31.7 Å². The average molecular weight is 274 g/mol. The minimum Gasteiger partial charge on any atom is -0.312 e. The lowest BCUT2D eigenvalue weighted by Gasteiger charge is -2.30. The normalized spacial score (nSPS) is 22.9. The summed E-state index contributed by atoms with van der Waals surface area (Å²) >= 11 is 1.54. The number of aryl methyl sites for hydroxylation is 2. The summed E-state index contributed by atoms with van der Waals surface area (Å²) in [5.41, 5.74) is 0. The van der Waals surface area contributed by atoms with Gasteiger partial charge in [0.25, 0.3) is 0 Å². The van der Waals surface area contributed by atoms with Crippen molar-refractivity contribution in [3.05, 3.63) is 15.8 Å². The summed E-state index contributed by atoms with van der Waals surface area (Å²) in [5.74, 6) is 0. The van der Waals surface area contributed by atoms with Crippen LogP contribution in [0.1, 0.15) is 16.7 Å². The van der Waals surface area contributed by atoms with E-state index in [4.69, 9.17) is 0 Å². The lowest BCUT2D eigenvalue weighted by molar-refractivity contribution is 0.310. The third-order valence-corrected chi connectivity index (χ3v) is 6.03. The monoisotopic (exact) mass is 274 g/mol. The lowest BCUT2D eigenvalue weighted by atomic mass is 10.3. The van der Waals surface area contributed by atoms with Crippen molar-refractivity contribution < 1.29 is 8.42 Å². The van der Waals surface area contributed by atoms with E-state index in [1.165, 1.54) is 11.3 Å². The Balaban J connectivity index is 2.33. The van der Waals surface area contributed by atoms with Gasteiger partial charge in [0.05, 0.1) is 4.90 Å². The first-order valence-corrected chi connectivity index (χ1v) is 7.97. The molecule has 1 fully saturated rings. The molecule has 2 rings (SSSR count). The van der Waals surface area contributed by atoms with Gasteiger partial charge in [-0.1, -0.05) is 0 Å². The van der Waals surface area contributed by atoms with Gasteiger partial charge in [0.15, 0.2) is 0 Å². The van der Waals surface area contributed by atoms with Crippen LogP contribution in [0.2, 0.25) is 0 Å². The number of nitrogens with one attached hydrogen (secondary N) is 1. The van der Waals surface area contributed by atoms with E-state index >= 15 is 0 Å². The number of hydrogen-bond acceptors (Lipinski definition) is 4. The molecule has 1 N–H and O–H groups in total. The molecule has 0 radical (unpaired) electrons. The predicted octanol–water partition coefficient (Wildman–Crippen LogP) is 1.35. The molecule has 0 aromatic carbocycles. The van der Waals surface area contributed by atoms with Crippen LogP contribution < -0.4 is 5.32 Å². The molecule has 0 spiro atoms. The van der Waals surface area contributed by atoms with Gasteiger partial charge in [-0.25, -0.2) is 8.42 Å². The van der Waals surface area contributed by atoms with Crippen molar-refractivity contribution in [1.82, 2.24) is 9.62 Å². The summed E-state index contributed by atoms with van der Waals surface area (Å²) in [4.78, 5) is 2.41. The van der Waals surface area contributed by atoms with E-state index in [0.29, 0.717) is 18.0 Å². The third-order valence-electron chi connectivity index (χ3n) is 2.94. The topological polar surface area (TPSA) is 49.4 Å². The van der Waals surface area contributed by atoms with Gasteiger partial charge >= 0.3 is 0 Å². The van der Waals surface area contributed by atoms with Gasteiger partial charge in [-0.05, 0) is 26.8 Å². The number of nitrogens with zero attached hydrogens (tertiary/aromatic N) is 1. The molecule has 1 aromatic heterocycles. The minimum absolute atomic E-state index is 0.221. The third kappa shape index (κ3) is 2.54. The molecular weight excluding hydrogens is 256 g/mol. The van der Waals surface area contributed by atoms with Crippen LogP contribution >= 0.6 is 11.3 Å². The fourth-order valence-electron chi connectivity index (χ4n) is 2.12. The highest BCUT2D eigenvalue weighted by molar-refractivity contribution is 7.89. The number of rotatable bonds is 2. The van der Waals surface area contributed by atoms with Gasteiger partial charge < -0.3 is 5.32 Å².